The maximum atomic E-state index is 12.3. The number of rotatable bonds is 4. The Labute approximate surface area is 137 Å². The molecule has 0 saturated heterocycles. The topological polar surface area (TPSA) is 58.6 Å². The number of carbonyl (C=O) groups is 2. The lowest BCUT2D eigenvalue weighted by atomic mass is 9.91. The molecule has 1 N–H and O–H groups in total. The molecular weight excluding hydrogens is 325 g/mol. The SMILES string of the molecule is CC1CCN(C(=O)CCNC(=O)OCC(F)(F)F)c2ccccc21. The van der Waals surface area contributed by atoms with Gasteiger partial charge in [0.2, 0.25) is 5.91 Å². The fourth-order valence-corrected chi connectivity index (χ4v) is 2.61. The van der Waals surface area contributed by atoms with E-state index in [1.165, 1.54) is 0 Å². The van der Waals surface area contributed by atoms with Crippen molar-refractivity contribution < 1.29 is 27.5 Å². The quantitative estimate of drug-likeness (QED) is 0.912. The molecule has 1 atom stereocenters. The van der Waals surface area contributed by atoms with Crippen LogP contribution in [0.15, 0.2) is 24.3 Å². The summed E-state index contributed by atoms with van der Waals surface area (Å²) in [7, 11) is 0. The number of hydrogen-bond donors (Lipinski definition) is 1. The number of alkyl halides is 3. The molecular formula is C16H19F3N2O3. The highest BCUT2D eigenvalue weighted by atomic mass is 19.4. The van der Waals surface area contributed by atoms with E-state index in [9.17, 15) is 22.8 Å². The Kier molecular flexibility index (Phi) is 5.69. The van der Waals surface area contributed by atoms with Crippen molar-refractivity contribution >= 4 is 17.7 Å². The number of fused-ring (bicyclic) bond motifs is 1. The van der Waals surface area contributed by atoms with Crippen LogP contribution in [0.4, 0.5) is 23.7 Å². The molecule has 1 aromatic rings. The maximum Gasteiger partial charge on any atom is 0.422 e. The van der Waals surface area contributed by atoms with E-state index in [0.29, 0.717) is 12.5 Å². The molecule has 0 aliphatic carbocycles. The molecule has 0 bridgehead atoms. The summed E-state index contributed by atoms with van der Waals surface area (Å²) < 4.78 is 39.8. The molecule has 2 rings (SSSR count). The summed E-state index contributed by atoms with van der Waals surface area (Å²) in [6.07, 6.45) is -4.93. The lowest BCUT2D eigenvalue weighted by Crippen LogP contribution is -2.38. The summed E-state index contributed by atoms with van der Waals surface area (Å²) in [5, 5.41) is 2.15. The van der Waals surface area contributed by atoms with E-state index in [1.807, 2.05) is 24.3 Å². The van der Waals surface area contributed by atoms with Gasteiger partial charge in [0.05, 0.1) is 0 Å². The molecule has 1 aliphatic heterocycles. The largest absolute Gasteiger partial charge is 0.440 e. The van der Waals surface area contributed by atoms with Crippen LogP contribution in [0.3, 0.4) is 0 Å². The summed E-state index contributed by atoms with van der Waals surface area (Å²) in [5.74, 6) is 0.172. The first-order chi connectivity index (χ1) is 11.3. The number of halogens is 3. The third-order valence-electron chi connectivity index (χ3n) is 3.82. The zero-order valence-corrected chi connectivity index (χ0v) is 13.2. The van der Waals surface area contributed by atoms with Gasteiger partial charge in [-0.15, -0.1) is 0 Å². The first kappa shape index (κ1) is 18.1. The predicted molar refractivity (Wildman–Crippen MR) is 81.8 cm³/mol. The molecule has 0 aromatic heterocycles. The average Bonchev–Trinajstić information content (AvgIpc) is 2.53. The number of nitrogens with one attached hydrogen (secondary N) is 1. The summed E-state index contributed by atoms with van der Waals surface area (Å²) in [6, 6.07) is 7.62. The van der Waals surface area contributed by atoms with Crippen LogP contribution in [0, 0.1) is 0 Å². The first-order valence-corrected chi connectivity index (χ1v) is 7.64. The molecule has 1 unspecified atom stereocenters. The van der Waals surface area contributed by atoms with Crippen LogP contribution >= 0.6 is 0 Å². The highest BCUT2D eigenvalue weighted by Crippen LogP contribution is 2.34. The van der Waals surface area contributed by atoms with Crippen molar-refractivity contribution in [2.24, 2.45) is 0 Å². The smallest absolute Gasteiger partial charge is 0.422 e. The monoisotopic (exact) mass is 344 g/mol. The Bertz CT molecular complexity index is 604. The highest BCUT2D eigenvalue weighted by Gasteiger charge is 2.30. The molecule has 0 radical (unpaired) electrons. The Balaban J connectivity index is 1.83. The van der Waals surface area contributed by atoms with Crippen LogP contribution in [-0.2, 0) is 9.53 Å². The molecule has 1 aromatic carbocycles. The third kappa shape index (κ3) is 4.87. The van der Waals surface area contributed by atoms with Gasteiger partial charge in [-0.25, -0.2) is 4.79 Å². The molecule has 2 amide bonds. The number of carbonyl (C=O) groups excluding carboxylic acids is 2. The number of ether oxygens (including phenoxy) is 1. The molecule has 1 heterocycles. The highest BCUT2D eigenvalue weighted by molar-refractivity contribution is 5.95. The van der Waals surface area contributed by atoms with Crippen molar-refractivity contribution in [2.45, 2.75) is 31.9 Å². The average molecular weight is 344 g/mol. The van der Waals surface area contributed by atoms with Gasteiger partial charge < -0.3 is 15.0 Å². The van der Waals surface area contributed by atoms with Gasteiger partial charge in [-0.2, -0.15) is 13.2 Å². The van der Waals surface area contributed by atoms with Gasteiger partial charge >= 0.3 is 12.3 Å². The minimum absolute atomic E-state index is 0.0101. The Morgan fingerprint density at radius 3 is 2.75 bits per heavy atom. The Morgan fingerprint density at radius 1 is 1.33 bits per heavy atom. The van der Waals surface area contributed by atoms with Gasteiger partial charge in [0.15, 0.2) is 6.61 Å². The van der Waals surface area contributed by atoms with Gasteiger partial charge in [0, 0.05) is 25.2 Å². The Hall–Kier alpha value is -2.25. The van der Waals surface area contributed by atoms with Crippen molar-refractivity contribution in [3.05, 3.63) is 29.8 Å². The van der Waals surface area contributed by atoms with Gasteiger partial charge in [-0.3, -0.25) is 4.79 Å². The zero-order valence-electron chi connectivity index (χ0n) is 13.2. The van der Waals surface area contributed by atoms with Gasteiger partial charge in [0.1, 0.15) is 0 Å². The minimum atomic E-state index is -4.57. The van der Waals surface area contributed by atoms with Gasteiger partial charge in [-0.1, -0.05) is 25.1 Å². The van der Waals surface area contributed by atoms with E-state index in [1.54, 1.807) is 4.90 Å². The predicted octanol–water partition coefficient (Wildman–Crippen LogP) is 3.21. The van der Waals surface area contributed by atoms with Crippen molar-refractivity contribution in [3.63, 3.8) is 0 Å². The van der Waals surface area contributed by atoms with E-state index in [0.717, 1.165) is 17.7 Å². The number of amides is 2. The normalized spacial score (nSPS) is 17.2. The number of alkyl carbamates (subject to hydrolysis) is 1. The first-order valence-electron chi connectivity index (χ1n) is 7.64. The molecule has 0 saturated carbocycles. The maximum absolute atomic E-state index is 12.3. The van der Waals surface area contributed by atoms with E-state index in [2.05, 4.69) is 17.0 Å². The fourth-order valence-electron chi connectivity index (χ4n) is 2.61. The number of para-hydroxylation sites is 1. The van der Waals surface area contributed by atoms with Crippen LogP contribution in [0.2, 0.25) is 0 Å². The standard InChI is InChI=1S/C16H19F3N2O3/c1-11-7-9-21(13-5-3-2-4-12(11)13)14(22)6-8-20-15(23)24-10-16(17,18)19/h2-5,11H,6-10H2,1H3,(H,20,23). The van der Waals surface area contributed by atoms with Crippen molar-refractivity contribution in [1.29, 1.82) is 0 Å². The molecule has 0 fully saturated rings. The summed E-state index contributed by atoms with van der Waals surface area (Å²) in [6.45, 7) is 0.947. The second-order valence-electron chi connectivity index (χ2n) is 5.66. The molecule has 8 heteroatoms. The summed E-state index contributed by atoms with van der Waals surface area (Å²) >= 11 is 0. The lowest BCUT2D eigenvalue weighted by Gasteiger charge is -2.33. The Morgan fingerprint density at radius 2 is 2.04 bits per heavy atom. The third-order valence-corrected chi connectivity index (χ3v) is 3.82. The zero-order chi connectivity index (χ0) is 17.7. The van der Waals surface area contributed by atoms with Crippen LogP contribution in [0.1, 0.15) is 31.2 Å². The summed E-state index contributed by atoms with van der Waals surface area (Å²) in [5.41, 5.74) is 1.94. The van der Waals surface area contributed by atoms with E-state index in [4.69, 9.17) is 0 Å². The van der Waals surface area contributed by atoms with Crippen LogP contribution in [-0.4, -0.2) is 37.9 Å². The second-order valence-corrected chi connectivity index (χ2v) is 5.66. The van der Waals surface area contributed by atoms with E-state index in [-0.39, 0.29) is 18.9 Å². The van der Waals surface area contributed by atoms with Crippen molar-refractivity contribution in [2.75, 3.05) is 24.6 Å². The summed E-state index contributed by atoms with van der Waals surface area (Å²) in [4.78, 5) is 25.1. The molecule has 1 aliphatic rings. The van der Waals surface area contributed by atoms with Crippen LogP contribution in [0.5, 0.6) is 0 Å². The van der Waals surface area contributed by atoms with Crippen LogP contribution < -0.4 is 10.2 Å². The molecule has 132 valence electrons. The van der Waals surface area contributed by atoms with Crippen molar-refractivity contribution in [1.82, 2.24) is 5.32 Å². The fraction of sp³-hybridized carbons (Fsp3) is 0.500. The molecule has 5 nitrogen and oxygen atoms in total. The minimum Gasteiger partial charge on any atom is -0.440 e. The van der Waals surface area contributed by atoms with Crippen molar-refractivity contribution in [3.8, 4) is 0 Å². The number of hydrogen-bond acceptors (Lipinski definition) is 3. The number of anilines is 1. The molecule has 24 heavy (non-hydrogen) atoms. The lowest BCUT2D eigenvalue weighted by molar-refractivity contribution is -0.160. The van der Waals surface area contributed by atoms with Crippen LogP contribution in [0.25, 0.3) is 0 Å². The van der Waals surface area contributed by atoms with E-state index >= 15 is 0 Å². The van der Waals surface area contributed by atoms with E-state index < -0.39 is 18.9 Å². The second kappa shape index (κ2) is 7.55. The molecule has 0 spiro atoms. The van der Waals surface area contributed by atoms with Gasteiger partial charge in [0.25, 0.3) is 0 Å². The number of benzene rings is 1. The van der Waals surface area contributed by atoms with Gasteiger partial charge in [-0.05, 0) is 24.0 Å². The number of nitrogens with zero attached hydrogens (tertiary/aromatic N) is 1.